The molecule has 1 fully saturated rings. The Morgan fingerprint density at radius 3 is 2.85 bits per heavy atom. The third-order valence-electron chi connectivity index (χ3n) is 6.68. The molecule has 5 rings (SSSR count). The van der Waals surface area contributed by atoms with Gasteiger partial charge in [-0.15, -0.1) is 5.10 Å². The van der Waals surface area contributed by atoms with Crippen LogP contribution in [0.2, 0.25) is 0 Å². The molecule has 4 heterocycles. The fourth-order valence-corrected chi connectivity index (χ4v) is 4.38. The van der Waals surface area contributed by atoms with Crippen molar-refractivity contribution >= 4 is 28.2 Å². The first-order chi connectivity index (χ1) is 15.7. The van der Waals surface area contributed by atoms with Crippen molar-refractivity contribution in [3.8, 4) is 5.75 Å². The van der Waals surface area contributed by atoms with E-state index in [0.29, 0.717) is 11.6 Å². The van der Waals surface area contributed by atoms with Crippen LogP contribution in [0.5, 0.6) is 5.75 Å². The highest BCUT2D eigenvalue weighted by molar-refractivity contribution is 5.93. The van der Waals surface area contributed by atoms with E-state index in [9.17, 15) is 5.11 Å². The number of nitrogen functional groups attached to an aromatic ring is 1. The molecule has 0 radical (unpaired) electrons. The molecule has 3 N–H and O–H groups in total. The Kier molecular flexibility index (Phi) is 5.12. The molecule has 33 heavy (non-hydrogen) atoms. The van der Waals surface area contributed by atoms with E-state index in [1.165, 1.54) is 0 Å². The van der Waals surface area contributed by atoms with Gasteiger partial charge in [0.1, 0.15) is 5.75 Å². The second-order valence-electron chi connectivity index (χ2n) is 9.35. The van der Waals surface area contributed by atoms with Crippen molar-refractivity contribution in [1.29, 1.82) is 0 Å². The Balaban J connectivity index is 1.44. The molecule has 174 valence electrons. The molecule has 3 aromatic heterocycles. The number of benzene rings is 1. The summed E-state index contributed by atoms with van der Waals surface area (Å²) in [5, 5.41) is 20.4. The number of fused-ring (bicyclic) bond motifs is 3. The summed E-state index contributed by atoms with van der Waals surface area (Å²) in [6.45, 7) is 7.29. The highest BCUT2D eigenvalue weighted by Gasteiger charge is 2.28. The normalized spacial score (nSPS) is 18.2. The van der Waals surface area contributed by atoms with Crippen LogP contribution >= 0.6 is 0 Å². The van der Waals surface area contributed by atoms with E-state index >= 15 is 0 Å². The van der Waals surface area contributed by atoms with Crippen LogP contribution in [0.1, 0.15) is 51.4 Å². The van der Waals surface area contributed by atoms with Crippen molar-refractivity contribution in [1.82, 2.24) is 29.4 Å². The van der Waals surface area contributed by atoms with E-state index in [2.05, 4.69) is 15.0 Å². The van der Waals surface area contributed by atoms with Gasteiger partial charge in [0.15, 0.2) is 11.5 Å². The molecule has 0 spiro atoms. The lowest BCUT2D eigenvalue weighted by molar-refractivity contribution is 0.0258. The van der Waals surface area contributed by atoms with Gasteiger partial charge in [-0.1, -0.05) is 0 Å². The van der Waals surface area contributed by atoms with E-state index in [-0.39, 0.29) is 12.0 Å². The zero-order valence-electron chi connectivity index (χ0n) is 19.4. The molecule has 0 amide bonds. The fourth-order valence-electron chi connectivity index (χ4n) is 4.38. The van der Waals surface area contributed by atoms with Crippen LogP contribution in [0.4, 0.5) is 11.6 Å². The van der Waals surface area contributed by atoms with Crippen molar-refractivity contribution in [2.45, 2.75) is 51.2 Å². The first kappa shape index (κ1) is 21.4. The molecule has 4 aromatic rings. The lowest BCUT2D eigenvalue weighted by Gasteiger charge is -2.32. The van der Waals surface area contributed by atoms with Crippen molar-refractivity contribution in [2.24, 2.45) is 0 Å². The maximum absolute atomic E-state index is 10.3. The minimum Gasteiger partial charge on any atom is -0.497 e. The molecule has 1 aromatic carbocycles. The summed E-state index contributed by atoms with van der Waals surface area (Å²) in [5.74, 6) is 1.97. The smallest absolute Gasteiger partial charge is 0.223 e. The summed E-state index contributed by atoms with van der Waals surface area (Å²) in [6.07, 6.45) is 5.90. The van der Waals surface area contributed by atoms with E-state index < -0.39 is 5.60 Å². The lowest BCUT2D eigenvalue weighted by atomic mass is 9.97. The van der Waals surface area contributed by atoms with Crippen LogP contribution in [0.3, 0.4) is 0 Å². The highest BCUT2D eigenvalue weighted by Crippen LogP contribution is 2.31. The van der Waals surface area contributed by atoms with E-state index in [0.717, 1.165) is 54.1 Å². The molecule has 10 nitrogen and oxygen atoms in total. The molecule has 0 saturated carbocycles. The maximum atomic E-state index is 10.3. The number of nitrogens with zero attached hydrogens (tertiary/aromatic N) is 7. The van der Waals surface area contributed by atoms with Gasteiger partial charge < -0.3 is 20.5 Å². The Hall–Kier alpha value is -3.40. The van der Waals surface area contributed by atoms with Crippen molar-refractivity contribution in [3.63, 3.8) is 0 Å². The third-order valence-corrected chi connectivity index (χ3v) is 6.68. The molecule has 10 heteroatoms. The summed E-state index contributed by atoms with van der Waals surface area (Å²) >= 11 is 0. The zero-order valence-corrected chi connectivity index (χ0v) is 19.4. The monoisotopic (exact) mass is 450 g/mol. The molecule has 0 unspecified atom stereocenters. The predicted octanol–water partition coefficient (Wildman–Crippen LogP) is 2.78. The van der Waals surface area contributed by atoms with Gasteiger partial charge in [0.25, 0.3) is 0 Å². The number of nitrogens with two attached hydrogens (primary N) is 1. The Labute approximate surface area is 192 Å². The summed E-state index contributed by atoms with van der Waals surface area (Å²) in [5.41, 5.74) is 7.84. The second kappa shape index (κ2) is 7.87. The van der Waals surface area contributed by atoms with Gasteiger partial charge in [0, 0.05) is 36.7 Å². The van der Waals surface area contributed by atoms with E-state index in [1.54, 1.807) is 25.5 Å². The first-order valence-corrected chi connectivity index (χ1v) is 11.3. The second-order valence-corrected chi connectivity index (χ2v) is 9.35. The van der Waals surface area contributed by atoms with Gasteiger partial charge in [-0.3, -0.25) is 4.68 Å². The van der Waals surface area contributed by atoms with Crippen molar-refractivity contribution in [2.75, 3.05) is 30.8 Å². The lowest BCUT2D eigenvalue weighted by Crippen LogP contribution is -2.34. The number of rotatable bonds is 5. The highest BCUT2D eigenvalue weighted by atomic mass is 16.5. The Morgan fingerprint density at radius 2 is 2.09 bits per heavy atom. The zero-order chi connectivity index (χ0) is 23.3. The number of methoxy groups -OCH3 is 1. The quantitative estimate of drug-likeness (QED) is 0.476. The third kappa shape index (κ3) is 3.84. The minimum absolute atomic E-state index is 0.130. The van der Waals surface area contributed by atoms with Crippen molar-refractivity contribution < 1.29 is 9.84 Å². The van der Waals surface area contributed by atoms with Gasteiger partial charge in [-0.25, -0.2) is 9.97 Å². The Morgan fingerprint density at radius 1 is 1.27 bits per heavy atom. The molecule has 2 atom stereocenters. The standard InChI is InChI=1S/C23H30N8O2/c1-14(23(2,3)32)30-13-16(11-25-30)29-9-5-6-15(12-29)20-27-21-18-8-7-17(33-4)10-19(18)26-22(24)31(21)28-20/h7-8,10-11,13-15,32H,5-6,9,12H2,1-4H3,(H2,24,26)/t14-,15-/m1/s1. The fraction of sp³-hybridized carbons (Fsp3) is 0.478. The predicted molar refractivity (Wildman–Crippen MR) is 127 cm³/mol. The number of ether oxygens (including phenoxy) is 1. The average Bonchev–Trinajstić information content (AvgIpc) is 3.46. The van der Waals surface area contributed by atoms with Crippen LogP contribution in [-0.4, -0.2) is 60.3 Å². The number of hydrogen-bond acceptors (Lipinski definition) is 8. The number of hydrogen-bond donors (Lipinski definition) is 2. The number of aromatic nitrogens is 6. The van der Waals surface area contributed by atoms with Gasteiger partial charge in [-0.05, 0) is 45.7 Å². The summed E-state index contributed by atoms with van der Waals surface area (Å²) in [6, 6.07) is 5.56. The summed E-state index contributed by atoms with van der Waals surface area (Å²) < 4.78 is 8.77. The summed E-state index contributed by atoms with van der Waals surface area (Å²) in [4.78, 5) is 11.7. The van der Waals surface area contributed by atoms with Crippen molar-refractivity contribution in [3.05, 3.63) is 36.4 Å². The molecule has 1 aliphatic heterocycles. The van der Waals surface area contributed by atoms with Gasteiger partial charge >= 0.3 is 0 Å². The van der Waals surface area contributed by atoms with E-state index in [4.69, 9.17) is 20.6 Å². The summed E-state index contributed by atoms with van der Waals surface area (Å²) in [7, 11) is 1.63. The Bertz CT molecular complexity index is 1310. The van der Waals surface area contributed by atoms with E-state index in [1.807, 2.05) is 42.2 Å². The van der Waals surface area contributed by atoms with Crippen LogP contribution in [0, 0.1) is 0 Å². The van der Waals surface area contributed by atoms with Crippen LogP contribution in [0.15, 0.2) is 30.6 Å². The number of piperidine rings is 1. The molecule has 1 saturated heterocycles. The van der Waals surface area contributed by atoms with Gasteiger partial charge in [0.05, 0.1) is 36.2 Å². The molecular weight excluding hydrogens is 420 g/mol. The van der Waals surface area contributed by atoms with Crippen LogP contribution < -0.4 is 15.4 Å². The van der Waals surface area contributed by atoms with Gasteiger partial charge in [-0.2, -0.15) is 9.61 Å². The average molecular weight is 451 g/mol. The number of aliphatic hydroxyl groups is 1. The van der Waals surface area contributed by atoms with Crippen LogP contribution in [-0.2, 0) is 0 Å². The van der Waals surface area contributed by atoms with Crippen LogP contribution in [0.25, 0.3) is 16.6 Å². The molecule has 1 aliphatic rings. The largest absolute Gasteiger partial charge is 0.497 e. The minimum atomic E-state index is -0.852. The maximum Gasteiger partial charge on any atom is 0.223 e. The molecular formula is C23H30N8O2. The molecule has 0 aliphatic carbocycles. The SMILES string of the molecule is COc1ccc2c(c1)nc(N)n1nc([C@@H]3CCCN(c4cnn([C@H](C)C(C)(C)O)c4)C3)nc21. The molecule has 0 bridgehead atoms. The topological polar surface area (TPSA) is 120 Å². The number of anilines is 2. The first-order valence-electron chi connectivity index (χ1n) is 11.3. The van der Waals surface area contributed by atoms with Gasteiger partial charge in [0.2, 0.25) is 5.95 Å².